The Morgan fingerprint density at radius 1 is 1.47 bits per heavy atom. The minimum Gasteiger partial charge on any atom is -0.394 e. The Balaban J connectivity index is 2.05. The molecular formula is C11H23NO2S. The van der Waals surface area contributed by atoms with E-state index in [1.165, 1.54) is 17.9 Å². The van der Waals surface area contributed by atoms with Crippen molar-refractivity contribution in [3.8, 4) is 0 Å². The molecule has 90 valence electrons. The summed E-state index contributed by atoms with van der Waals surface area (Å²) in [5.41, 5.74) is 0.465. The van der Waals surface area contributed by atoms with Gasteiger partial charge in [-0.1, -0.05) is 13.8 Å². The molecule has 15 heavy (non-hydrogen) atoms. The summed E-state index contributed by atoms with van der Waals surface area (Å²) in [6, 6.07) is 0.622. The number of thioether (sulfide) groups is 1. The maximum absolute atomic E-state index is 8.53. The average molecular weight is 233 g/mol. The zero-order chi connectivity index (χ0) is 11.1. The largest absolute Gasteiger partial charge is 0.394 e. The smallest absolute Gasteiger partial charge is 0.0698 e. The first kappa shape index (κ1) is 13.3. The summed E-state index contributed by atoms with van der Waals surface area (Å²) in [6.45, 7) is 6.81. The molecule has 1 unspecified atom stereocenters. The van der Waals surface area contributed by atoms with E-state index in [-0.39, 0.29) is 6.61 Å². The van der Waals surface area contributed by atoms with Crippen LogP contribution in [-0.4, -0.2) is 49.0 Å². The zero-order valence-electron chi connectivity index (χ0n) is 9.79. The number of nitrogens with one attached hydrogen (secondary N) is 1. The van der Waals surface area contributed by atoms with Crippen LogP contribution in [-0.2, 0) is 4.74 Å². The normalized spacial score (nSPS) is 25.4. The Kier molecular flexibility index (Phi) is 5.97. The van der Waals surface area contributed by atoms with E-state index in [9.17, 15) is 0 Å². The maximum atomic E-state index is 8.53. The highest BCUT2D eigenvalue weighted by Crippen LogP contribution is 2.33. The number of aliphatic hydroxyl groups is 1. The molecule has 0 aromatic carbocycles. The third-order valence-electron chi connectivity index (χ3n) is 2.53. The molecule has 0 saturated carbocycles. The van der Waals surface area contributed by atoms with Gasteiger partial charge in [0.05, 0.1) is 19.8 Å². The van der Waals surface area contributed by atoms with E-state index < -0.39 is 0 Å². The second-order valence-electron chi connectivity index (χ2n) is 4.87. The zero-order valence-corrected chi connectivity index (χ0v) is 10.6. The number of hydrogen-bond donors (Lipinski definition) is 2. The number of hydrogen-bond acceptors (Lipinski definition) is 4. The predicted molar refractivity (Wildman–Crippen MR) is 65.4 cm³/mol. The fraction of sp³-hybridized carbons (Fsp3) is 1.00. The quantitative estimate of drug-likeness (QED) is 0.675. The van der Waals surface area contributed by atoms with E-state index in [2.05, 4.69) is 19.2 Å². The summed E-state index contributed by atoms with van der Waals surface area (Å²) in [5, 5.41) is 12.0. The number of rotatable bonds is 6. The highest BCUT2D eigenvalue weighted by atomic mass is 32.2. The van der Waals surface area contributed by atoms with Crippen molar-refractivity contribution in [3.63, 3.8) is 0 Å². The maximum Gasteiger partial charge on any atom is 0.0698 e. The van der Waals surface area contributed by atoms with Crippen LogP contribution in [0.4, 0.5) is 0 Å². The van der Waals surface area contributed by atoms with Crippen LogP contribution in [0.2, 0.25) is 0 Å². The van der Waals surface area contributed by atoms with Gasteiger partial charge in [-0.2, -0.15) is 11.8 Å². The Labute approximate surface area is 97.0 Å². The summed E-state index contributed by atoms with van der Waals surface area (Å²) >= 11 is 2.03. The first-order valence-corrected chi connectivity index (χ1v) is 6.79. The number of ether oxygens (including phenoxy) is 1. The van der Waals surface area contributed by atoms with Gasteiger partial charge in [-0.3, -0.25) is 0 Å². The molecule has 0 aromatic rings. The Morgan fingerprint density at radius 3 is 2.93 bits per heavy atom. The van der Waals surface area contributed by atoms with Gasteiger partial charge in [0.15, 0.2) is 0 Å². The van der Waals surface area contributed by atoms with Crippen molar-refractivity contribution in [1.29, 1.82) is 0 Å². The summed E-state index contributed by atoms with van der Waals surface area (Å²) in [6.07, 6.45) is 1.25. The molecule has 0 aromatic heterocycles. The number of aliphatic hydroxyl groups excluding tert-OH is 1. The summed E-state index contributed by atoms with van der Waals surface area (Å²) in [5.74, 6) is 2.48. The summed E-state index contributed by atoms with van der Waals surface area (Å²) < 4.78 is 5.21. The van der Waals surface area contributed by atoms with E-state index in [1.807, 2.05) is 11.8 Å². The van der Waals surface area contributed by atoms with Crippen LogP contribution >= 0.6 is 11.8 Å². The molecule has 0 amide bonds. The third kappa shape index (κ3) is 5.76. The van der Waals surface area contributed by atoms with Gasteiger partial charge < -0.3 is 15.2 Å². The molecule has 1 fully saturated rings. The summed E-state index contributed by atoms with van der Waals surface area (Å²) in [7, 11) is 0. The standard InChI is InChI=1S/C11H23NO2S/c1-11(2)7-10(8-15-9-11)12-3-5-14-6-4-13/h10,12-13H,3-9H2,1-2H3. The van der Waals surface area contributed by atoms with Crippen molar-refractivity contribution < 1.29 is 9.84 Å². The van der Waals surface area contributed by atoms with Crippen molar-refractivity contribution >= 4 is 11.8 Å². The molecule has 1 atom stereocenters. The molecule has 3 nitrogen and oxygen atoms in total. The molecule has 0 radical (unpaired) electrons. The third-order valence-corrected chi connectivity index (χ3v) is 4.15. The van der Waals surface area contributed by atoms with E-state index in [1.54, 1.807) is 0 Å². The molecular weight excluding hydrogens is 210 g/mol. The molecule has 2 N–H and O–H groups in total. The van der Waals surface area contributed by atoms with Crippen LogP contribution in [0, 0.1) is 5.41 Å². The van der Waals surface area contributed by atoms with Gasteiger partial charge in [0, 0.05) is 18.3 Å². The van der Waals surface area contributed by atoms with E-state index in [0.29, 0.717) is 24.7 Å². The van der Waals surface area contributed by atoms with Crippen molar-refractivity contribution in [2.45, 2.75) is 26.3 Å². The second-order valence-corrected chi connectivity index (χ2v) is 5.90. The van der Waals surface area contributed by atoms with Crippen LogP contribution in [0.5, 0.6) is 0 Å². The topological polar surface area (TPSA) is 41.5 Å². The minimum absolute atomic E-state index is 0.117. The lowest BCUT2D eigenvalue weighted by Gasteiger charge is -2.35. The Hall–Kier alpha value is 0.230. The van der Waals surface area contributed by atoms with Crippen LogP contribution in [0.1, 0.15) is 20.3 Å². The molecule has 0 bridgehead atoms. The molecule has 1 aliphatic heterocycles. The van der Waals surface area contributed by atoms with Gasteiger partial charge in [0.25, 0.3) is 0 Å². The molecule has 0 aliphatic carbocycles. The fourth-order valence-electron chi connectivity index (χ4n) is 1.90. The predicted octanol–water partition coefficient (Wildman–Crippen LogP) is 1.12. The Bertz CT molecular complexity index is 176. The first-order valence-electron chi connectivity index (χ1n) is 5.64. The SMILES string of the molecule is CC1(C)CSCC(NCCOCCO)C1. The second kappa shape index (κ2) is 6.74. The van der Waals surface area contributed by atoms with E-state index in [0.717, 1.165) is 6.54 Å². The Morgan fingerprint density at radius 2 is 2.27 bits per heavy atom. The van der Waals surface area contributed by atoms with Crippen molar-refractivity contribution in [2.24, 2.45) is 5.41 Å². The van der Waals surface area contributed by atoms with Crippen molar-refractivity contribution in [1.82, 2.24) is 5.32 Å². The lowest BCUT2D eigenvalue weighted by atomic mass is 9.88. The highest BCUT2D eigenvalue weighted by Gasteiger charge is 2.27. The molecule has 0 spiro atoms. The lowest BCUT2D eigenvalue weighted by molar-refractivity contribution is 0.0920. The van der Waals surface area contributed by atoms with E-state index in [4.69, 9.17) is 9.84 Å². The highest BCUT2D eigenvalue weighted by molar-refractivity contribution is 7.99. The van der Waals surface area contributed by atoms with Gasteiger partial charge in [0.1, 0.15) is 0 Å². The van der Waals surface area contributed by atoms with Crippen molar-refractivity contribution in [3.05, 3.63) is 0 Å². The molecule has 1 aliphatic rings. The average Bonchev–Trinajstić information content (AvgIpc) is 2.16. The van der Waals surface area contributed by atoms with Gasteiger partial charge >= 0.3 is 0 Å². The van der Waals surface area contributed by atoms with E-state index >= 15 is 0 Å². The minimum atomic E-state index is 0.117. The van der Waals surface area contributed by atoms with Crippen molar-refractivity contribution in [2.75, 3.05) is 37.9 Å². The molecule has 1 rings (SSSR count). The lowest BCUT2D eigenvalue weighted by Crippen LogP contribution is -2.41. The molecule has 1 saturated heterocycles. The molecule has 4 heteroatoms. The first-order chi connectivity index (χ1) is 7.14. The fourth-order valence-corrected chi connectivity index (χ4v) is 3.20. The van der Waals surface area contributed by atoms with Crippen LogP contribution in [0.3, 0.4) is 0 Å². The molecule has 1 heterocycles. The van der Waals surface area contributed by atoms with Gasteiger partial charge in [-0.25, -0.2) is 0 Å². The van der Waals surface area contributed by atoms with Crippen LogP contribution in [0.25, 0.3) is 0 Å². The van der Waals surface area contributed by atoms with Crippen LogP contribution in [0.15, 0.2) is 0 Å². The van der Waals surface area contributed by atoms with Gasteiger partial charge in [-0.05, 0) is 17.6 Å². The monoisotopic (exact) mass is 233 g/mol. The summed E-state index contributed by atoms with van der Waals surface area (Å²) in [4.78, 5) is 0. The van der Waals surface area contributed by atoms with Gasteiger partial charge in [-0.15, -0.1) is 0 Å². The van der Waals surface area contributed by atoms with Crippen LogP contribution < -0.4 is 5.32 Å². The van der Waals surface area contributed by atoms with Gasteiger partial charge in [0.2, 0.25) is 0 Å².